The van der Waals surface area contributed by atoms with E-state index >= 15 is 0 Å². The summed E-state index contributed by atoms with van der Waals surface area (Å²) in [6, 6.07) is 2.19. The van der Waals surface area contributed by atoms with Crippen LogP contribution in [0.3, 0.4) is 0 Å². The molecule has 86 valence electrons. The first kappa shape index (κ1) is 11.7. The van der Waals surface area contributed by atoms with Crippen molar-refractivity contribution in [2.24, 2.45) is 0 Å². The van der Waals surface area contributed by atoms with Crippen molar-refractivity contribution in [3.8, 4) is 0 Å². The van der Waals surface area contributed by atoms with Gasteiger partial charge in [-0.3, -0.25) is 0 Å². The number of hydrogen-bond donors (Lipinski definition) is 1. The van der Waals surface area contributed by atoms with Gasteiger partial charge in [0.05, 0.1) is 12.6 Å². The van der Waals surface area contributed by atoms with Crippen LogP contribution < -0.4 is 0 Å². The lowest BCUT2D eigenvalue weighted by Gasteiger charge is -2.35. The molecule has 2 atom stereocenters. The molecule has 16 heavy (non-hydrogen) atoms. The van der Waals surface area contributed by atoms with Crippen LogP contribution in [0.2, 0.25) is 0 Å². The van der Waals surface area contributed by atoms with E-state index in [1.165, 1.54) is 3.57 Å². The van der Waals surface area contributed by atoms with Gasteiger partial charge in [-0.1, -0.05) is 6.08 Å². The molecular weight excluding hydrogens is 315 g/mol. The van der Waals surface area contributed by atoms with Crippen LogP contribution in [0.4, 0.5) is 0 Å². The molecule has 0 aromatic carbocycles. The predicted octanol–water partition coefficient (Wildman–Crippen LogP) is 2.36. The SMILES string of the molecule is CC(CO)N1C=CC=CC1n1ccc(I)c1. The second-order valence-corrected chi connectivity index (χ2v) is 5.14. The van der Waals surface area contributed by atoms with E-state index in [0.29, 0.717) is 0 Å². The molecule has 0 saturated carbocycles. The standard InChI is InChI=1S/C12H15IN2O/c1-10(9-16)15-6-3-2-4-12(15)14-7-5-11(13)8-14/h2-8,10,12,16H,9H2,1H3. The summed E-state index contributed by atoms with van der Waals surface area (Å²) in [4.78, 5) is 2.15. The van der Waals surface area contributed by atoms with Gasteiger partial charge in [0.1, 0.15) is 6.17 Å². The Morgan fingerprint density at radius 2 is 2.31 bits per heavy atom. The fourth-order valence-corrected chi connectivity index (χ4v) is 2.29. The van der Waals surface area contributed by atoms with Crippen LogP contribution in [0.25, 0.3) is 0 Å². The van der Waals surface area contributed by atoms with Crippen molar-refractivity contribution < 1.29 is 5.11 Å². The monoisotopic (exact) mass is 330 g/mol. The van der Waals surface area contributed by atoms with E-state index in [4.69, 9.17) is 0 Å². The second-order valence-electron chi connectivity index (χ2n) is 3.90. The average molecular weight is 330 g/mol. The van der Waals surface area contributed by atoms with E-state index in [-0.39, 0.29) is 18.8 Å². The lowest BCUT2D eigenvalue weighted by Crippen LogP contribution is -2.37. The predicted molar refractivity (Wildman–Crippen MR) is 72.9 cm³/mol. The van der Waals surface area contributed by atoms with Crippen LogP contribution in [0, 0.1) is 3.57 Å². The summed E-state index contributed by atoms with van der Waals surface area (Å²) in [5.41, 5.74) is 0. The van der Waals surface area contributed by atoms with Crippen LogP contribution in [-0.2, 0) is 0 Å². The Morgan fingerprint density at radius 1 is 1.50 bits per heavy atom. The second kappa shape index (κ2) is 5.05. The molecule has 2 heterocycles. The molecule has 2 rings (SSSR count). The van der Waals surface area contributed by atoms with Crippen molar-refractivity contribution in [1.29, 1.82) is 0 Å². The van der Waals surface area contributed by atoms with Gasteiger partial charge in [-0.15, -0.1) is 0 Å². The summed E-state index contributed by atoms with van der Waals surface area (Å²) in [7, 11) is 0. The zero-order valence-corrected chi connectivity index (χ0v) is 11.3. The Kier molecular flexibility index (Phi) is 3.70. The highest BCUT2D eigenvalue weighted by atomic mass is 127. The molecule has 0 bridgehead atoms. The van der Waals surface area contributed by atoms with Gasteiger partial charge in [0.2, 0.25) is 0 Å². The minimum atomic E-state index is 0.117. The Morgan fingerprint density at radius 3 is 2.94 bits per heavy atom. The molecule has 0 spiro atoms. The molecule has 3 nitrogen and oxygen atoms in total. The summed E-state index contributed by atoms with van der Waals surface area (Å²) in [6.45, 7) is 2.18. The summed E-state index contributed by atoms with van der Waals surface area (Å²) < 4.78 is 3.37. The van der Waals surface area contributed by atoms with Crippen molar-refractivity contribution in [2.45, 2.75) is 19.1 Å². The van der Waals surface area contributed by atoms with Crippen LogP contribution in [0.1, 0.15) is 13.1 Å². The Balaban J connectivity index is 2.24. The summed E-state index contributed by atoms with van der Waals surface area (Å²) in [5, 5.41) is 9.25. The molecule has 0 fully saturated rings. The molecule has 1 aromatic rings. The van der Waals surface area contributed by atoms with Crippen LogP contribution in [0.5, 0.6) is 0 Å². The van der Waals surface area contributed by atoms with Crippen molar-refractivity contribution >= 4 is 22.6 Å². The van der Waals surface area contributed by atoms with Gasteiger partial charge < -0.3 is 14.6 Å². The molecular formula is C12H15IN2O. The van der Waals surface area contributed by atoms with E-state index in [1.807, 2.05) is 25.3 Å². The first-order chi connectivity index (χ1) is 7.72. The number of aromatic nitrogens is 1. The molecule has 0 saturated heterocycles. The number of aliphatic hydroxyl groups excluding tert-OH is 1. The van der Waals surface area contributed by atoms with Gasteiger partial charge in [0.15, 0.2) is 0 Å². The van der Waals surface area contributed by atoms with E-state index in [2.05, 4.69) is 56.6 Å². The summed E-state index contributed by atoms with van der Waals surface area (Å²) in [6.07, 6.45) is 12.5. The van der Waals surface area contributed by atoms with Gasteiger partial charge in [0, 0.05) is 22.2 Å². The molecule has 0 radical (unpaired) electrons. The Hall–Kier alpha value is -0.750. The molecule has 1 aromatic heterocycles. The van der Waals surface area contributed by atoms with E-state index in [0.717, 1.165) is 0 Å². The maximum absolute atomic E-state index is 9.25. The maximum atomic E-state index is 9.25. The quantitative estimate of drug-likeness (QED) is 0.862. The number of nitrogens with zero attached hydrogens (tertiary/aromatic N) is 2. The normalized spacial score (nSPS) is 21.4. The number of allylic oxidation sites excluding steroid dienone is 2. The molecule has 1 N–H and O–H groups in total. The largest absolute Gasteiger partial charge is 0.394 e. The van der Waals surface area contributed by atoms with Crippen molar-refractivity contribution in [3.05, 3.63) is 46.5 Å². The highest BCUT2D eigenvalue weighted by Crippen LogP contribution is 2.23. The lowest BCUT2D eigenvalue weighted by atomic mass is 10.2. The minimum absolute atomic E-state index is 0.117. The zero-order valence-electron chi connectivity index (χ0n) is 9.12. The molecule has 0 aliphatic carbocycles. The molecule has 1 aliphatic rings. The molecule has 4 heteroatoms. The maximum Gasteiger partial charge on any atom is 0.124 e. The van der Waals surface area contributed by atoms with Crippen LogP contribution >= 0.6 is 22.6 Å². The fraction of sp³-hybridized carbons (Fsp3) is 0.333. The summed E-state index contributed by atoms with van der Waals surface area (Å²) in [5.74, 6) is 0. The smallest absolute Gasteiger partial charge is 0.124 e. The van der Waals surface area contributed by atoms with Crippen LogP contribution in [-0.4, -0.2) is 27.2 Å². The van der Waals surface area contributed by atoms with Crippen molar-refractivity contribution in [1.82, 2.24) is 9.47 Å². The highest BCUT2D eigenvalue weighted by molar-refractivity contribution is 14.1. The third-order valence-electron chi connectivity index (χ3n) is 2.71. The molecule has 2 unspecified atom stereocenters. The summed E-state index contributed by atoms with van der Waals surface area (Å²) >= 11 is 2.30. The van der Waals surface area contributed by atoms with E-state index < -0.39 is 0 Å². The van der Waals surface area contributed by atoms with E-state index in [1.54, 1.807) is 0 Å². The fourth-order valence-electron chi connectivity index (χ4n) is 1.81. The number of rotatable bonds is 3. The third-order valence-corrected chi connectivity index (χ3v) is 3.35. The minimum Gasteiger partial charge on any atom is -0.394 e. The third kappa shape index (κ3) is 2.32. The Bertz CT molecular complexity index is 411. The number of aliphatic hydroxyl groups is 1. The molecule has 0 amide bonds. The van der Waals surface area contributed by atoms with Gasteiger partial charge in [0.25, 0.3) is 0 Å². The molecule has 1 aliphatic heterocycles. The average Bonchev–Trinajstić information content (AvgIpc) is 2.75. The Labute approximate surface area is 109 Å². The first-order valence-electron chi connectivity index (χ1n) is 5.28. The topological polar surface area (TPSA) is 28.4 Å². The van der Waals surface area contributed by atoms with Crippen molar-refractivity contribution in [2.75, 3.05) is 6.61 Å². The van der Waals surface area contributed by atoms with Gasteiger partial charge in [-0.05, 0) is 47.7 Å². The number of hydrogen-bond acceptors (Lipinski definition) is 2. The first-order valence-corrected chi connectivity index (χ1v) is 6.36. The van der Waals surface area contributed by atoms with Crippen molar-refractivity contribution in [3.63, 3.8) is 0 Å². The van der Waals surface area contributed by atoms with Crippen LogP contribution in [0.15, 0.2) is 42.9 Å². The van der Waals surface area contributed by atoms with Gasteiger partial charge in [-0.2, -0.15) is 0 Å². The zero-order chi connectivity index (χ0) is 11.5. The number of halogens is 1. The highest BCUT2D eigenvalue weighted by Gasteiger charge is 2.20. The van der Waals surface area contributed by atoms with Gasteiger partial charge in [-0.25, -0.2) is 0 Å². The van der Waals surface area contributed by atoms with E-state index in [9.17, 15) is 5.11 Å². The van der Waals surface area contributed by atoms with Gasteiger partial charge >= 0.3 is 0 Å². The lowest BCUT2D eigenvalue weighted by molar-refractivity contribution is 0.128.